The Morgan fingerprint density at radius 3 is 2.67 bits per heavy atom. The molecule has 1 saturated heterocycles. The quantitative estimate of drug-likeness (QED) is 0.926. The first-order valence-electron chi connectivity index (χ1n) is 8.28. The summed E-state index contributed by atoms with van der Waals surface area (Å²) >= 11 is 0. The molecule has 3 nitrogen and oxygen atoms in total. The number of fused-ring (bicyclic) bond motifs is 1. The molecule has 2 unspecified atom stereocenters. The van der Waals surface area contributed by atoms with E-state index >= 15 is 0 Å². The van der Waals surface area contributed by atoms with E-state index in [1.165, 1.54) is 30.5 Å². The van der Waals surface area contributed by atoms with E-state index in [1.54, 1.807) is 0 Å². The smallest absolute Gasteiger partial charge is 0.0700 e. The minimum atomic E-state index is -0.358. The lowest BCUT2D eigenvalue weighted by Gasteiger charge is -2.47. The molecule has 1 N–H and O–H groups in total. The molecule has 0 spiro atoms. The van der Waals surface area contributed by atoms with Crippen LogP contribution in [0.2, 0.25) is 0 Å². The molecule has 3 rings (SSSR count). The number of benzene rings is 1. The minimum absolute atomic E-state index is 0.358. The Labute approximate surface area is 128 Å². The molecule has 2 aliphatic rings. The van der Waals surface area contributed by atoms with Gasteiger partial charge in [0, 0.05) is 45.3 Å². The molecule has 2 fully saturated rings. The fourth-order valence-corrected chi connectivity index (χ4v) is 3.94. The Morgan fingerprint density at radius 2 is 1.95 bits per heavy atom. The molecule has 21 heavy (non-hydrogen) atoms. The Morgan fingerprint density at radius 1 is 1.19 bits per heavy atom. The van der Waals surface area contributed by atoms with E-state index in [1.807, 2.05) is 0 Å². The molecule has 116 valence electrons. The van der Waals surface area contributed by atoms with Crippen molar-refractivity contribution in [2.75, 3.05) is 32.1 Å². The average Bonchev–Trinajstić information content (AvgIpc) is 2.48. The lowest BCUT2D eigenvalue weighted by Crippen LogP contribution is -2.52. The van der Waals surface area contributed by atoms with Gasteiger partial charge in [0.1, 0.15) is 0 Å². The van der Waals surface area contributed by atoms with Crippen molar-refractivity contribution in [1.29, 1.82) is 0 Å². The van der Waals surface area contributed by atoms with Crippen molar-refractivity contribution in [1.82, 2.24) is 4.90 Å². The second-order valence-electron chi connectivity index (χ2n) is 7.09. The maximum atomic E-state index is 10.7. The maximum absolute atomic E-state index is 10.7. The number of aliphatic hydroxyl groups is 1. The monoisotopic (exact) mass is 288 g/mol. The molecule has 2 atom stereocenters. The van der Waals surface area contributed by atoms with Crippen LogP contribution in [-0.2, 0) is 6.54 Å². The van der Waals surface area contributed by atoms with Gasteiger partial charge in [-0.3, -0.25) is 4.90 Å². The highest BCUT2D eigenvalue weighted by Gasteiger charge is 2.42. The molecule has 1 heterocycles. The van der Waals surface area contributed by atoms with Gasteiger partial charge in [-0.15, -0.1) is 0 Å². The van der Waals surface area contributed by atoms with Crippen molar-refractivity contribution < 1.29 is 5.11 Å². The molecule has 1 aromatic carbocycles. The zero-order chi connectivity index (χ0) is 14.9. The third-order valence-electron chi connectivity index (χ3n) is 5.37. The average molecular weight is 288 g/mol. The van der Waals surface area contributed by atoms with Crippen LogP contribution in [-0.4, -0.2) is 42.8 Å². The fraction of sp³-hybridized carbons (Fsp3) is 0.667. The van der Waals surface area contributed by atoms with E-state index in [-0.39, 0.29) is 5.60 Å². The Bertz CT molecular complexity index is 471. The molecule has 1 aliphatic carbocycles. The summed E-state index contributed by atoms with van der Waals surface area (Å²) in [5.41, 5.74) is 2.27. The van der Waals surface area contributed by atoms with Crippen molar-refractivity contribution >= 4 is 5.69 Å². The molecule has 0 bridgehead atoms. The van der Waals surface area contributed by atoms with Crippen LogP contribution >= 0.6 is 0 Å². The summed E-state index contributed by atoms with van der Waals surface area (Å²) in [7, 11) is 4.15. The van der Waals surface area contributed by atoms with E-state index in [9.17, 15) is 5.11 Å². The molecule has 1 saturated carbocycles. The second kappa shape index (κ2) is 5.98. The number of nitrogens with zero attached hydrogens (tertiary/aromatic N) is 2. The Kier molecular flexibility index (Phi) is 4.23. The zero-order valence-electron chi connectivity index (χ0n) is 13.4. The van der Waals surface area contributed by atoms with Gasteiger partial charge in [0.2, 0.25) is 0 Å². The number of hydrogen-bond acceptors (Lipinski definition) is 3. The van der Waals surface area contributed by atoms with Crippen LogP contribution in [0.4, 0.5) is 5.69 Å². The predicted octanol–water partition coefficient (Wildman–Crippen LogP) is 2.88. The lowest BCUT2D eigenvalue weighted by molar-refractivity contribution is -0.0967. The van der Waals surface area contributed by atoms with Crippen LogP contribution < -0.4 is 4.90 Å². The van der Waals surface area contributed by atoms with Gasteiger partial charge in [0.25, 0.3) is 0 Å². The zero-order valence-corrected chi connectivity index (χ0v) is 13.4. The van der Waals surface area contributed by atoms with Crippen LogP contribution in [0.5, 0.6) is 0 Å². The van der Waals surface area contributed by atoms with Gasteiger partial charge in [-0.2, -0.15) is 0 Å². The molecule has 0 aromatic heterocycles. The molecule has 0 radical (unpaired) electrons. The van der Waals surface area contributed by atoms with Crippen molar-refractivity contribution in [2.24, 2.45) is 5.92 Å². The number of hydrogen-bond donors (Lipinski definition) is 1. The summed E-state index contributed by atoms with van der Waals surface area (Å²) in [4.78, 5) is 4.65. The summed E-state index contributed by atoms with van der Waals surface area (Å²) in [5.74, 6) is 0.487. The number of piperidine rings is 1. The number of anilines is 1. The van der Waals surface area contributed by atoms with E-state index in [0.29, 0.717) is 5.92 Å². The summed E-state index contributed by atoms with van der Waals surface area (Å²) in [6.07, 6.45) is 5.67. The molecule has 0 amide bonds. The van der Waals surface area contributed by atoms with E-state index in [0.717, 1.165) is 32.5 Å². The largest absolute Gasteiger partial charge is 0.390 e. The SMILES string of the molecule is CN(C)c1ccc(CN2CCC3(O)CCCCC3C2)cc1. The second-order valence-corrected chi connectivity index (χ2v) is 7.09. The third kappa shape index (κ3) is 3.24. The van der Waals surface area contributed by atoms with Crippen molar-refractivity contribution in [2.45, 2.75) is 44.2 Å². The van der Waals surface area contributed by atoms with E-state index in [2.05, 4.69) is 48.2 Å². The molecule has 3 heteroatoms. The summed E-state index contributed by atoms with van der Waals surface area (Å²) in [6, 6.07) is 8.85. The van der Waals surface area contributed by atoms with Gasteiger partial charge in [-0.05, 0) is 37.0 Å². The van der Waals surface area contributed by atoms with Crippen LogP contribution in [0.15, 0.2) is 24.3 Å². The predicted molar refractivity (Wildman–Crippen MR) is 87.6 cm³/mol. The standard InChI is InChI=1S/C18H28N2O/c1-19(2)17-8-6-15(7-9-17)13-20-12-11-18(21)10-4-3-5-16(18)14-20/h6-9,16,21H,3-5,10-14H2,1-2H3. The first-order chi connectivity index (χ1) is 10.1. The van der Waals surface area contributed by atoms with Gasteiger partial charge in [-0.1, -0.05) is 25.0 Å². The van der Waals surface area contributed by atoms with Crippen molar-refractivity contribution in [3.05, 3.63) is 29.8 Å². The van der Waals surface area contributed by atoms with Crippen LogP contribution in [0, 0.1) is 5.92 Å². The highest BCUT2D eigenvalue weighted by molar-refractivity contribution is 5.45. The number of likely N-dealkylation sites (tertiary alicyclic amines) is 1. The van der Waals surface area contributed by atoms with Crippen LogP contribution in [0.1, 0.15) is 37.7 Å². The first kappa shape index (κ1) is 14.9. The van der Waals surface area contributed by atoms with Gasteiger partial charge < -0.3 is 10.0 Å². The fourth-order valence-electron chi connectivity index (χ4n) is 3.94. The van der Waals surface area contributed by atoms with Crippen LogP contribution in [0.25, 0.3) is 0 Å². The Hall–Kier alpha value is -1.06. The summed E-state index contributed by atoms with van der Waals surface area (Å²) in [6.45, 7) is 3.11. The minimum Gasteiger partial charge on any atom is -0.390 e. The summed E-state index contributed by atoms with van der Waals surface area (Å²) in [5, 5.41) is 10.7. The molecule has 1 aliphatic heterocycles. The van der Waals surface area contributed by atoms with Crippen molar-refractivity contribution in [3.63, 3.8) is 0 Å². The highest BCUT2D eigenvalue weighted by Crippen LogP contribution is 2.40. The third-order valence-corrected chi connectivity index (χ3v) is 5.37. The topological polar surface area (TPSA) is 26.7 Å². The Balaban J connectivity index is 1.61. The maximum Gasteiger partial charge on any atom is 0.0700 e. The molecular weight excluding hydrogens is 260 g/mol. The van der Waals surface area contributed by atoms with E-state index in [4.69, 9.17) is 0 Å². The van der Waals surface area contributed by atoms with Crippen LogP contribution in [0.3, 0.4) is 0 Å². The molecular formula is C18H28N2O. The number of rotatable bonds is 3. The first-order valence-corrected chi connectivity index (χ1v) is 8.28. The van der Waals surface area contributed by atoms with E-state index < -0.39 is 0 Å². The normalized spacial score (nSPS) is 30.0. The van der Waals surface area contributed by atoms with Gasteiger partial charge in [0.15, 0.2) is 0 Å². The molecule has 1 aromatic rings. The van der Waals surface area contributed by atoms with Crippen molar-refractivity contribution in [3.8, 4) is 0 Å². The van der Waals surface area contributed by atoms with Gasteiger partial charge in [0.05, 0.1) is 5.60 Å². The highest BCUT2D eigenvalue weighted by atomic mass is 16.3. The lowest BCUT2D eigenvalue weighted by atomic mass is 9.71. The summed E-state index contributed by atoms with van der Waals surface area (Å²) < 4.78 is 0. The van der Waals surface area contributed by atoms with Gasteiger partial charge >= 0.3 is 0 Å². The van der Waals surface area contributed by atoms with Gasteiger partial charge in [-0.25, -0.2) is 0 Å².